The second kappa shape index (κ2) is 1.46. The van der Waals surface area contributed by atoms with E-state index in [2.05, 4.69) is 4.99 Å². The zero-order valence-corrected chi connectivity index (χ0v) is 5.01. The highest BCUT2D eigenvalue weighted by Crippen LogP contribution is 2.39. The lowest BCUT2D eigenvalue weighted by Gasteiger charge is -2.15. The number of alkyl halides is 1. The third kappa shape index (κ3) is 0.573. The molecule has 50 valence electrons. The molecule has 1 heterocycles. The lowest BCUT2D eigenvalue weighted by atomic mass is 10.2. The molecule has 2 atom stereocenters. The minimum Gasteiger partial charge on any atom is -0.445 e. The Bertz CT molecular complexity index is 159. The highest BCUT2D eigenvalue weighted by atomic mass is 19.2. The fourth-order valence-corrected chi connectivity index (χ4v) is 1.43. The molecular weight excluding hydrogens is 121 g/mol. The Morgan fingerprint density at radius 3 is 3.44 bits per heavy atom. The molecule has 0 bridgehead atoms. The minimum atomic E-state index is -1.42. The number of hydrogen-bond donors (Lipinski definition) is 0. The van der Waals surface area contributed by atoms with Crippen LogP contribution in [0, 0.1) is 0 Å². The average molecular weight is 129 g/mol. The summed E-state index contributed by atoms with van der Waals surface area (Å²) in [6, 6.07) is -0.197. The highest BCUT2D eigenvalue weighted by Gasteiger charge is 2.47. The Hall–Kier alpha value is -0.600. The van der Waals surface area contributed by atoms with Crippen LogP contribution in [-0.4, -0.2) is 18.3 Å². The summed E-state index contributed by atoms with van der Waals surface area (Å²) in [5.74, 6) is -1.42. The molecule has 0 N–H and O–H groups in total. The van der Waals surface area contributed by atoms with Crippen LogP contribution in [-0.2, 0) is 4.74 Å². The first-order valence-corrected chi connectivity index (χ1v) is 3.20. The Labute approximate surface area is 52.7 Å². The van der Waals surface area contributed by atoms with Gasteiger partial charge in [-0.25, -0.2) is 4.99 Å². The van der Waals surface area contributed by atoms with Crippen LogP contribution in [0.5, 0.6) is 0 Å². The van der Waals surface area contributed by atoms with Crippen molar-refractivity contribution in [3.63, 3.8) is 0 Å². The summed E-state index contributed by atoms with van der Waals surface area (Å²) in [5.41, 5.74) is 0. The fraction of sp³-hybridized carbons (Fsp3) is 0.833. The van der Waals surface area contributed by atoms with Crippen LogP contribution in [0.4, 0.5) is 4.39 Å². The second-order valence-corrected chi connectivity index (χ2v) is 2.57. The van der Waals surface area contributed by atoms with Crippen molar-refractivity contribution < 1.29 is 9.13 Å². The van der Waals surface area contributed by atoms with Crippen molar-refractivity contribution >= 4 is 6.40 Å². The van der Waals surface area contributed by atoms with E-state index in [0.717, 1.165) is 12.8 Å². The zero-order valence-electron chi connectivity index (χ0n) is 5.01. The Morgan fingerprint density at radius 1 is 1.78 bits per heavy atom. The molecule has 0 amide bonds. The molecule has 0 spiro atoms. The van der Waals surface area contributed by atoms with Crippen LogP contribution in [0.1, 0.15) is 19.3 Å². The topological polar surface area (TPSA) is 21.6 Å². The van der Waals surface area contributed by atoms with Crippen LogP contribution in [0.3, 0.4) is 0 Å². The molecule has 0 radical (unpaired) electrons. The normalized spacial score (nSPS) is 47.0. The molecule has 0 aromatic heterocycles. The quantitative estimate of drug-likeness (QED) is 0.482. The Balaban J connectivity index is 2.24. The number of aliphatic imine (C=N–C) groups is 1. The molecule has 1 fully saturated rings. The molecule has 9 heavy (non-hydrogen) atoms. The molecule has 0 aromatic rings. The maximum absolute atomic E-state index is 13.2. The van der Waals surface area contributed by atoms with Gasteiger partial charge in [-0.1, -0.05) is 0 Å². The first-order chi connectivity index (χ1) is 4.31. The number of hydrogen-bond acceptors (Lipinski definition) is 2. The molecule has 0 saturated heterocycles. The van der Waals surface area contributed by atoms with Gasteiger partial charge in [0.15, 0.2) is 6.40 Å². The van der Waals surface area contributed by atoms with Crippen molar-refractivity contribution in [2.45, 2.75) is 31.2 Å². The molecule has 2 aliphatic rings. The summed E-state index contributed by atoms with van der Waals surface area (Å²) >= 11 is 0. The molecule has 1 aliphatic carbocycles. The van der Waals surface area contributed by atoms with E-state index in [1.165, 1.54) is 6.40 Å². The maximum atomic E-state index is 13.2. The number of fused-ring (bicyclic) bond motifs is 1. The van der Waals surface area contributed by atoms with Gasteiger partial charge in [0.25, 0.3) is 5.85 Å². The third-order valence-corrected chi connectivity index (χ3v) is 1.98. The van der Waals surface area contributed by atoms with Gasteiger partial charge in [0.2, 0.25) is 0 Å². The van der Waals surface area contributed by atoms with E-state index in [1.54, 1.807) is 0 Å². The number of rotatable bonds is 0. The average Bonchev–Trinajstić information content (AvgIpc) is 2.22. The Kier molecular flexibility index (Phi) is 0.845. The molecule has 2 rings (SSSR count). The van der Waals surface area contributed by atoms with Crippen molar-refractivity contribution in [1.82, 2.24) is 0 Å². The van der Waals surface area contributed by atoms with E-state index in [-0.39, 0.29) is 6.04 Å². The van der Waals surface area contributed by atoms with Gasteiger partial charge in [-0.3, -0.25) is 0 Å². The van der Waals surface area contributed by atoms with Gasteiger partial charge in [-0.05, 0) is 12.8 Å². The van der Waals surface area contributed by atoms with Crippen LogP contribution < -0.4 is 0 Å². The van der Waals surface area contributed by atoms with Gasteiger partial charge in [-0.2, -0.15) is 4.39 Å². The summed E-state index contributed by atoms with van der Waals surface area (Å²) in [7, 11) is 0. The van der Waals surface area contributed by atoms with Gasteiger partial charge in [0.05, 0.1) is 0 Å². The van der Waals surface area contributed by atoms with E-state index < -0.39 is 5.85 Å². The third-order valence-electron chi connectivity index (χ3n) is 1.98. The molecular formula is C6H8FNO. The number of ether oxygens (including phenoxy) is 1. The van der Waals surface area contributed by atoms with Gasteiger partial charge in [-0.15, -0.1) is 0 Å². The van der Waals surface area contributed by atoms with Crippen LogP contribution in [0.15, 0.2) is 4.99 Å². The van der Waals surface area contributed by atoms with Crippen LogP contribution in [0.25, 0.3) is 0 Å². The van der Waals surface area contributed by atoms with Crippen LogP contribution in [0.2, 0.25) is 0 Å². The van der Waals surface area contributed by atoms with E-state index in [4.69, 9.17) is 4.74 Å². The SMILES string of the molecule is FC12CCCC1N=CO2. The summed E-state index contributed by atoms with van der Waals surface area (Å²) in [6.45, 7) is 0. The van der Waals surface area contributed by atoms with Crippen molar-refractivity contribution in [2.24, 2.45) is 4.99 Å². The predicted octanol–water partition coefficient (Wildman–Crippen LogP) is 1.26. The predicted molar refractivity (Wildman–Crippen MR) is 31.1 cm³/mol. The first kappa shape index (κ1) is 5.21. The molecule has 2 nitrogen and oxygen atoms in total. The smallest absolute Gasteiger partial charge is 0.271 e. The lowest BCUT2D eigenvalue weighted by Crippen LogP contribution is -2.28. The largest absolute Gasteiger partial charge is 0.445 e. The molecule has 3 heteroatoms. The fourth-order valence-electron chi connectivity index (χ4n) is 1.43. The maximum Gasteiger partial charge on any atom is 0.271 e. The summed E-state index contributed by atoms with van der Waals surface area (Å²) in [6.07, 6.45) is 3.49. The van der Waals surface area contributed by atoms with E-state index >= 15 is 0 Å². The van der Waals surface area contributed by atoms with E-state index in [9.17, 15) is 4.39 Å². The van der Waals surface area contributed by atoms with Crippen molar-refractivity contribution in [2.75, 3.05) is 0 Å². The Morgan fingerprint density at radius 2 is 2.67 bits per heavy atom. The van der Waals surface area contributed by atoms with Crippen molar-refractivity contribution in [3.8, 4) is 0 Å². The molecule has 1 saturated carbocycles. The lowest BCUT2D eigenvalue weighted by molar-refractivity contribution is -0.0553. The summed E-state index contributed by atoms with van der Waals surface area (Å²) < 4.78 is 17.9. The highest BCUT2D eigenvalue weighted by molar-refractivity contribution is 5.51. The second-order valence-electron chi connectivity index (χ2n) is 2.57. The number of nitrogens with zero attached hydrogens (tertiary/aromatic N) is 1. The minimum absolute atomic E-state index is 0.197. The first-order valence-electron chi connectivity index (χ1n) is 3.20. The molecule has 0 aromatic carbocycles. The van der Waals surface area contributed by atoms with Gasteiger partial charge in [0, 0.05) is 6.42 Å². The molecule has 2 unspecified atom stereocenters. The van der Waals surface area contributed by atoms with E-state index in [1.807, 2.05) is 0 Å². The monoisotopic (exact) mass is 129 g/mol. The van der Waals surface area contributed by atoms with Gasteiger partial charge in [0.1, 0.15) is 6.04 Å². The van der Waals surface area contributed by atoms with Crippen molar-refractivity contribution in [1.29, 1.82) is 0 Å². The summed E-state index contributed by atoms with van der Waals surface area (Å²) in [5, 5.41) is 0. The van der Waals surface area contributed by atoms with Gasteiger partial charge >= 0.3 is 0 Å². The van der Waals surface area contributed by atoms with E-state index in [0.29, 0.717) is 6.42 Å². The number of halogens is 1. The standard InChI is InChI=1S/C6H8FNO/c7-6-3-1-2-5(6)8-4-9-6/h4-5H,1-3H2. The summed E-state index contributed by atoms with van der Waals surface area (Å²) in [4.78, 5) is 3.85. The molecule has 1 aliphatic heterocycles. The van der Waals surface area contributed by atoms with Crippen molar-refractivity contribution in [3.05, 3.63) is 0 Å². The van der Waals surface area contributed by atoms with Crippen LogP contribution >= 0.6 is 0 Å². The van der Waals surface area contributed by atoms with Gasteiger partial charge < -0.3 is 4.74 Å². The zero-order chi connectivity index (χ0) is 6.32.